The van der Waals surface area contributed by atoms with Crippen molar-refractivity contribution in [2.24, 2.45) is 23.0 Å². The van der Waals surface area contributed by atoms with Crippen LogP contribution in [-0.4, -0.2) is 27.8 Å². The molecule has 4 aliphatic carbocycles. The Labute approximate surface area is 102 Å². The van der Waals surface area contributed by atoms with Crippen molar-refractivity contribution in [3.8, 4) is 0 Å². The van der Waals surface area contributed by atoms with Crippen LogP contribution in [0.25, 0.3) is 0 Å². The van der Waals surface area contributed by atoms with Gasteiger partial charge in [0.25, 0.3) is 0 Å². The van der Waals surface area contributed by atoms with Crippen molar-refractivity contribution in [2.75, 3.05) is 0 Å². The molecular formula is C13H23NO3. The van der Waals surface area contributed by atoms with E-state index < -0.39 is 17.6 Å². The highest BCUT2D eigenvalue weighted by molar-refractivity contribution is 5.74. The molecule has 3 atom stereocenters. The second-order valence-electron chi connectivity index (χ2n) is 6.36. The summed E-state index contributed by atoms with van der Waals surface area (Å²) in [5.41, 5.74) is 4.92. The van der Waals surface area contributed by atoms with Crippen LogP contribution < -0.4 is 5.73 Å². The molecule has 4 rings (SSSR count). The van der Waals surface area contributed by atoms with E-state index in [1.54, 1.807) is 0 Å². The first-order chi connectivity index (χ1) is 7.42. The standard InChI is InChI=1S/C12H19NO3.CH4/c13-9(10(14)15)11-2-7-1-8(3-11)5-12(16,4-7)6-11;/h7-9,16H,1-6,13H2,(H,14,15);1H4/t7?,8?,9-,11?,12?;/m1./s1. The molecule has 4 bridgehead atoms. The van der Waals surface area contributed by atoms with Gasteiger partial charge in [-0.25, -0.2) is 0 Å². The number of hydrogen-bond acceptors (Lipinski definition) is 3. The molecule has 0 radical (unpaired) electrons. The quantitative estimate of drug-likeness (QED) is 0.681. The molecular weight excluding hydrogens is 218 g/mol. The number of carboxylic acids is 1. The fourth-order valence-corrected chi connectivity index (χ4v) is 4.91. The van der Waals surface area contributed by atoms with Crippen molar-refractivity contribution in [1.29, 1.82) is 0 Å². The van der Waals surface area contributed by atoms with E-state index in [9.17, 15) is 9.90 Å². The minimum Gasteiger partial charge on any atom is -0.480 e. The maximum Gasteiger partial charge on any atom is 0.321 e. The van der Waals surface area contributed by atoms with Gasteiger partial charge in [-0.05, 0) is 55.8 Å². The lowest BCUT2D eigenvalue weighted by Crippen LogP contribution is -2.62. The number of aliphatic carboxylic acids is 1. The van der Waals surface area contributed by atoms with Gasteiger partial charge in [0, 0.05) is 0 Å². The average molecular weight is 241 g/mol. The lowest BCUT2D eigenvalue weighted by molar-refractivity contribution is -0.179. The van der Waals surface area contributed by atoms with Crippen LogP contribution in [0, 0.1) is 17.3 Å². The maximum absolute atomic E-state index is 11.1. The van der Waals surface area contributed by atoms with E-state index in [1.165, 1.54) is 0 Å². The molecule has 4 saturated carbocycles. The molecule has 0 aromatic heterocycles. The van der Waals surface area contributed by atoms with Gasteiger partial charge in [-0.2, -0.15) is 0 Å². The Morgan fingerprint density at radius 3 is 2.18 bits per heavy atom. The van der Waals surface area contributed by atoms with Crippen LogP contribution in [0.5, 0.6) is 0 Å². The fourth-order valence-electron chi connectivity index (χ4n) is 4.91. The summed E-state index contributed by atoms with van der Waals surface area (Å²) in [6, 6.07) is -0.801. The summed E-state index contributed by atoms with van der Waals surface area (Å²) in [7, 11) is 0. The third-order valence-electron chi connectivity index (χ3n) is 5.00. The van der Waals surface area contributed by atoms with Gasteiger partial charge in [-0.1, -0.05) is 7.43 Å². The van der Waals surface area contributed by atoms with Gasteiger partial charge in [0.1, 0.15) is 6.04 Å². The molecule has 0 aliphatic heterocycles. The second kappa shape index (κ2) is 3.69. The van der Waals surface area contributed by atoms with Crippen molar-refractivity contribution < 1.29 is 15.0 Å². The van der Waals surface area contributed by atoms with Crippen molar-refractivity contribution >= 4 is 5.97 Å². The van der Waals surface area contributed by atoms with Gasteiger partial charge < -0.3 is 15.9 Å². The summed E-state index contributed by atoms with van der Waals surface area (Å²) in [5, 5.41) is 19.6. The molecule has 4 aliphatic rings. The summed E-state index contributed by atoms with van der Waals surface area (Å²) in [5.74, 6) is 0.0823. The monoisotopic (exact) mass is 241 g/mol. The van der Waals surface area contributed by atoms with Crippen molar-refractivity contribution in [3.05, 3.63) is 0 Å². The number of aliphatic hydroxyl groups is 1. The van der Waals surface area contributed by atoms with E-state index in [0.717, 1.165) is 32.1 Å². The summed E-state index contributed by atoms with van der Waals surface area (Å²) < 4.78 is 0. The molecule has 2 unspecified atom stereocenters. The Balaban J connectivity index is 0.00000108. The van der Waals surface area contributed by atoms with E-state index in [-0.39, 0.29) is 12.8 Å². The van der Waals surface area contributed by atoms with Crippen LogP contribution in [0.15, 0.2) is 0 Å². The Kier molecular flexibility index (Phi) is 2.79. The molecule has 0 spiro atoms. The van der Waals surface area contributed by atoms with Gasteiger partial charge in [0.15, 0.2) is 0 Å². The third kappa shape index (κ3) is 1.78. The number of nitrogens with two attached hydrogens (primary N) is 1. The zero-order valence-electron chi connectivity index (χ0n) is 9.35. The summed E-state index contributed by atoms with van der Waals surface area (Å²) >= 11 is 0. The van der Waals surface area contributed by atoms with E-state index in [1.807, 2.05) is 0 Å². The largest absolute Gasteiger partial charge is 0.480 e. The third-order valence-corrected chi connectivity index (χ3v) is 5.00. The summed E-state index contributed by atoms with van der Waals surface area (Å²) in [6.07, 6.45) is 5.28. The van der Waals surface area contributed by atoms with Gasteiger partial charge in [-0.3, -0.25) is 4.79 Å². The minimum atomic E-state index is -0.912. The van der Waals surface area contributed by atoms with Crippen LogP contribution >= 0.6 is 0 Å². The van der Waals surface area contributed by atoms with Crippen molar-refractivity contribution in [2.45, 2.75) is 57.6 Å². The lowest BCUT2D eigenvalue weighted by atomic mass is 9.46. The van der Waals surface area contributed by atoms with Crippen molar-refractivity contribution in [1.82, 2.24) is 0 Å². The summed E-state index contributed by atoms with van der Waals surface area (Å²) in [4.78, 5) is 11.1. The number of carboxylic acid groups (broad SMARTS) is 1. The molecule has 17 heavy (non-hydrogen) atoms. The highest BCUT2D eigenvalue weighted by atomic mass is 16.4. The number of rotatable bonds is 2. The molecule has 0 aromatic rings. The van der Waals surface area contributed by atoms with E-state index in [2.05, 4.69) is 0 Å². The van der Waals surface area contributed by atoms with Crippen LogP contribution in [0.2, 0.25) is 0 Å². The first-order valence-electron chi connectivity index (χ1n) is 6.13. The topological polar surface area (TPSA) is 83.6 Å². The molecule has 0 saturated heterocycles. The van der Waals surface area contributed by atoms with Gasteiger partial charge in [-0.15, -0.1) is 0 Å². The highest BCUT2D eigenvalue weighted by Gasteiger charge is 2.60. The predicted molar refractivity (Wildman–Crippen MR) is 64.4 cm³/mol. The number of hydrogen-bond donors (Lipinski definition) is 3. The first-order valence-corrected chi connectivity index (χ1v) is 6.13. The molecule has 0 aromatic carbocycles. The van der Waals surface area contributed by atoms with E-state index in [4.69, 9.17) is 10.8 Å². The van der Waals surface area contributed by atoms with E-state index in [0.29, 0.717) is 18.3 Å². The zero-order chi connectivity index (χ0) is 11.6. The van der Waals surface area contributed by atoms with Gasteiger partial charge >= 0.3 is 5.97 Å². The summed E-state index contributed by atoms with van der Waals surface area (Å²) in [6.45, 7) is 0. The van der Waals surface area contributed by atoms with Crippen LogP contribution in [0.1, 0.15) is 46.0 Å². The molecule has 0 amide bonds. The molecule has 4 nitrogen and oxygen atoms in total. The highest BCUT2D eigenvalue weighted by Crippen LogP contribution is 2.62. The SMILES string of the molecule is C.N[C@H](C(=O)O)C12CC3CC(CC(O)(C3)C1)C2. The normalized spacial score (nSPS) is 48.6. The van der Waals surface area contributed by atoms with Crippen LogP contribution in [-0.2, 0) is 4.79 Å². The molecule has 4 heteroatoms. The molecule has 4 N–H and O–H groups in total. The smallest absolute Gasteiger partial charge is 0.321 e. The van der Waals surface area contributed by atoms with Crippen molar-refractivity contribution in [3.63, 3.8) is 0 Å². The molecule has 4 fully saturated rings. The van der Waals surface area contributed by atoms with Gasteiger partial charge in [0.2, 0.25) is 0 Å². The Morgan fingerprint density at radius 2 is 1.76 bits per heavy atom. The Bertz CT molecular complexity index is 328. The minimum absolute atomic E-state index is 0. The number of carbonyl (C=O) groups is 1. The molecule has 0 heterocycles. The van der Waals surface area contributed by atoms with Crippen LogP contribution in [0.3, 0.4) is 0 Å². The molecule has 98 valence electrons. The average Bonchev–Trinajstić information content (AvgIpc) is 2.12. The Hall–Kier alpha value is -0.610. The fraction of sp³-hybridized carbons (Fsp3) is 0.923. The maximum atomic E-state index is 11.1. The Morgan fingerprint density at radius 1 is 1.24 bits per heavy atom. The zero-order valence-corrected chi connectivity index (χ0v) is 9.35. The van der Waals surface area contributed by atoms with Gasteiger partial charge in [0.05, 0.1) is 5.60 Å². The first kappa shape index (κ1) is 12.8. The van der Waals surface area contributed by atoms with Crippen LogP contribution in [0.4, 0.5) is 0 Å². The second-order valence-corrected chi connectivity index (χ2v) is 6.36. The lowest BCUT2D eigenvalue weighted by Gasteiger charge is -2.61. The van der Waals surface area contributed by atoms with E-state index >= 15 is 0 Å². The predicted octanol–water partition coefficient (Wildman–Crippen LogP) is 1.37.